The average Bonchev–Trinajstić information content (AvgIpc) is 3.52. The number of unbranched alkanes of at least 4 members (excludes halogenated alkanes) is 2. The van der Waals surface area contributed by atoms with Gasteiger partial charge >= 0.3 is 0 Å². The third-order valence-corrected chi connectivity index (χ3v) is 7.33. The van der Waals surface area contributed by atoms with Crippen LogP contribution in [0.15, 0.2) is 65.4 Å². The lowest BCUT2D eigenvalue weighted by Gasteiger charge is -2.27. The second kappa shape index (κ2) is 10.7. The summed E-state index contributed by atoms with van der Waals surface area (Å²) in [5.74, 6) is 0.0324. The smallest absolute Gasteiger partial charge is 0.271 e. The van der Waals surface area contributed by atoms with Crippen LogP contribution in [0.3, 0.4) is 0 Å². The molecule has 0 N–H and O–H groups in total. The zero-order valence-electron chi connectivity index (χ0n) is 22.8. The third-order valence-electron chi connectivity index (χ3n) is 7.33. The number of rotatable bonds is 7. The predicted molar refractivity (Wildman–Crippen MR) is 150 cm³/mol. The molecule has 0 fully saturated rings. The molecule has 1 atom stereocenters. The van der Waals surface area contributed by atoms with Crippen molar-refractivity contribution in [3.8, 4) is 28.8 Å². The van der Waals surface area contributed by atoms with Crippen LogP contribution in [0.4, 0.5) is 0 Å². The number of aryl methyl sites for hydroxylation is 1. The number of benzene rings is 2. The first-order valence-electron chi connectivity index (χ1n) is 13.5. The molecule has 2 aromatic carbocycles. The standard InChI is InChI=1S/C32H32N4O3/c1-5-6-10-13-35-31(37)27(22(4)28(18-33)32(35)38)17-25-19-36(26-11-8-7-9-12-26)34-29(25)23-14-20(2)30-24(16-23)15-21(3)39-30/h7-9,11-12,14,16-17,19,21H,5-6,10,13,15H2,1-4H3/b27-17-. The molecular formula is C32H32N4O3. The summed E-state index contributed by atoms with van der Waals surface area (Å²) in [6.07, 6.45) is 7.16. The highest BCUT2D eigenvalue weighted by Gasteiger charge is 2.35. The van der Waals surface area contributed by atoms with Gasteiger partial charge in [0.1, 0.15) is 23.5 Å². The summed E-state index contributed by atoms with van der Waals surface area (Å²) in [6.45, 7) is 8.12. The summed E-state index contributed by atoms with van der Waals surface area (Å²) in [6, 6.07) is 16.0. The fourth-order valence-corrected chi connectivity index (χ4v) is 5.29. The number of nitriles is 1. The highest BCUT2D eigenvalue weighted by Crippen LogP contribution is 2.38. The van der Waals surface area contributed by atoms with Crippen LogP contribution in [-0.2, 0) is 16.0 Å². The molecule has 3 heterocycles. The minimum Gasteiger partial charge on any atom is -0.490 e. The number of amides is 2. The first-order chi connectivity index (χ1) is 18.8. The van der Waals surface area contributed by atoms with Gasteiger partial charge in [-0.3, -0.25) is 14.5 Å². The Labute approximate surface area is 229 Å². The molecule has 2 amide bonds. The summed E-state index contributed by atoms with van der Waals surface area (Å²) < 4.78 is 7.81. The van der Waals surface area contributed by atoms with Crippen molar-refractivity contribution in [2.75, 3.05) is 6.54 Å². The van der Waals surface area contributed by atoms with Gasteiger partial charge in [0.2, 0.25) is 0 Å². The molecule has 0 spiro atoms. The van der Waals surface area contributed by atoms with Crippen molar-refractivity contribution >= 4 is 17.9 Å². The van der Waals surface area contributed by atoms with E-state index < -0.39 is 5.91 Å². The minimum absolute atomic E-state index is 0.00820. The number of carbonyl (C=O) groups is 2. The van der Waals surface area contributed by atoms with Crippen LogP contribution >= 0.6 is 0 Å². The second-order valence-electron chi connectivity index (χ2n) is 10.3. The van der Waals surface area contributed by atoms with Crippen LogP contribution in [0.1, 0.15) is 56.7 Å². The Hall–Kier alpha value is -4.44. The number of carbonyl (C=O) groups excluding carboxylic acids is 2. The van der Waals surface area contributed by atoms with Gasteiger partial charge < -0.3 is 4.74 Å². The molecule has 0 aliphatic carbocycles. The normalized spacial score (nSPS) is 18.0. The Morgan fingerprint density at radius 1 is 1.13 bits per heavy atom. The number of hydrogen-bond donors (Lipinski definition) is 0. The lowest BCUT2D eigenvalue weighted by atomic mass is 9.92. The number of fused-ring (bicyclic) bond motifs is 1. The molecule has 3 aromatic rings. The fourth-order valence-electron chi connectivity index (χ4n) is 5.29. The molecule has 7 heteroatoms. The van der Waals surface area contributed by atoms with Gasteiger partial charge in [0.25, 0.3) is 11.8 Å². The van der Waals surface area contributed by atoms with E-state index in [0.29, 0.717) is 29.8 Å². The number of ether oxygens (including phenoxy) is 1. The maximum absolute atomic E-state index is 13.6. The molecule has 2 aliphatic rings. The third kappa shape index (κ3) is 4.90. The minimum atomic E-state index is -0.517. The van der Waals surface area contributed by atoms with Crippen molar-refractivity contribution in [2.24, 2.45) is 0 Å². The van der Waals surface area contributed by atoms with Gasteiger partial charge in [-0.25, -0.2) is 4.68 Å². The van der Waals surface area contributed by atoms with Crippen molar-refractivity contribution < 1.29 is 14.3 Å². The molecule has 0 bridgehead atoms. The van der Waals surface area contributed by atoms with Crippen molar-refractivity contribution in [2.45, 2.75) is 59.5 Å². The van der Waals surface area contributed by atoms with E-state index in [-0.39, 0.29) is 17.6 Å². The van der Waals surface area contributed by atoms with Crippen LogP contribution in [-0.4, -0.2) is 39.1 Å². The van der Waals surface area contributed by atoms with E-state index in [4.69, 9.17) is 9.84 Å². The van der Waals surface area contributed by atoms with Crippen LogP contribution in [0.2, 0.25) is 0 Å². The van der Waals surface area contributed by atoms with Gasteiger partial charge in [-0.05, 0) is 74.2 Å². The van der Waals surface area contributed by atoms with Gasteiger partial charge in [-0.15, -0.1) is 0 Å². The Balaban J connectivity index is 1.66. The predicted octanol–water partition coefficient (Wildman–Crippen LogP) is 5.95. The van der Waals surface area contributed by atoms with Gasteiger partial charge in [0, 0.05) is 35.9 Å². The molecular weight excluding hydrogens is 488 g/mol. The average molecular weight is 521 g/mol. The lowest BCUT2D eigenvalue weighted by Crippen LogP contribution is -2.43. The van der Waals surface area contributed by atoms with Crippen LogP contribution < -0.4 is 4.74 Å². The van der Waals surface area contributed by atoms with E-state index in [1.165, 1.54) is 4.90 Å². The summed E-state index contributed by atoms with van der Waals surface area (Å²) in [4.78, 5) is 27.8. The number of hydrogen-bond acceptors (Lipinski definition) is 5. The highest BCUT2D eigenvalue weighted by atomic mass is 16.5. The molecule has 198 valence electrons. The van der Waals surface area contributed by atoms with Crippen LogP contribution in [0, 0.1) is 18.3 Å². The van der Waals surface area contributed by atoms with Crippen molar-refractivity contribution in [1.82, 2.24) is 14.7 Å². The van der Waals surface area contributed by atoms with E-state index >= 15 is 0 Å². The first kappa shape index (κ1) is 26.2. The zero-order valence-corrected chi connectivity index (χ0v) is 22.8. The van der Waals surface area contributed by atoms with E-state index in [0.717, 1.165) is 53.0 Å². The Kier molecular flexibility index (Phi) is 7.21. The maximum atomic E-state index is 13.6. The van der Waals surface area contributed by atoms with E-state index in [2.05, 4.69) is 26.0 Å². The maximum Gasteiger partial charge on any atom is 0.271 e. The molecule has 0 radical (unpaired) electrons. The molecule has 2 aliphatic heterocycles. The number of nitrogens with zero attached hydrogens (tertiary/aromatic N) is 4. The van der Waals surface area contributed by atoms with E-state index in [9.17, 15) is 14.9 Å². The summed E-state index contributed by atoms with van der Waals surface area (Å²) in [5, 5.41) is 14.7. The molecule has 5 rings (SSSR count). The lowest BCUT2D eigenvalue weighted by molar-refractivity contribution is -0.140. The molecule has 0 saturated heterocycles. The number of aromatic nitrogens is 2. The fraction of sp³-hybridized carbons (Fsp3) is 0.312. The van der Waals surface area contributed by atoms with Crippen LogP contribution in [0.25, 0.3) is 23.0 Å². The number of para-hydroxylation sites is 1. The quantitative estimate of drug-likeness (QED) is 0.218. The summed E-state index contributed by atoms with van der Waals surface area (Å²) in [7, 11) is 0. The molecule has 7 nitrogen and oxygen atoms in total. The largest absolute Gasteiger partial charge is 0.490 e. The monoisotopic (exact) mass is 520 g/mol. The van der Waals surface area contributed by atoms with Crippen molar-refractivity contribution in [1.29, 1.82) is 5.26 Å². The molecule has 1 aromatic heterocycles. The van der Waals surface area contributed by atoms with Gasteiger partial charge in [0.05, 0.1) is 11.4 Å². The van der Waals surface area contributed by atoms with Crippen molar-refractivity contribution in [3.63, 3.8) is 0 Å². The van der Waals surface area contributed by atoms with Gasteiger partial charge in [0.15, 0.2) is 0 Å². The Morgan fingerprint density at radius 3 is 2.62 bits per heavy atom. The molecule has 39 heavy (non-hydrogen) atoms. The summed E-state index contributed by atoms with van der Waals surface area (Å²) >= 11 is 0. The topological polar surface area (TPSA) is 88.2 Å². The van der Waals surface area contributed by atoms with Gasteiger partial charge in [-0.1, -0.05) is 38.0 Å². The van der Waals surface area contributed by atoms with E-state index in [1.807, 2.05) is 49.5 Å². The van der Waals surface area contributed by atoms with Gasteiger partial charge in [-0.2, -0.15) is 10.4 Å². The zero-order chi connectivity index (χ0) is 27.7. The SMILES string of the molecule is CCCCCN1C(=O)C(C#N)=C(C)/C(=C/c2cn(-c3ccccc3)nc2-c2cc(C)c3c(c2)CC(C)O3)C1=O. The van der Waals surface area contributed by atoms with Crippen molar-refractivity contribution in [3.05, 3.63) is 82.1 Å². The first-order valence-corrected chi connectivity index (χ1v) is 13.5. The second-order valence-corrected chi connectivity index (χ2v) is 10.3. The van der Waals surface area contributed by atoms with E-state index in [1.54, 1.807) is 17.7 Å². The molecule has 0 saturated carbocycles. The molecule has 1 unspecified atom stereocenters. The Bertz CT molecular complexity index is 1560. The Morgan fingerprint density at radius 2 is 1.90 bits per heavy atom. The summed E-state index contributed by atoms with van der Waals surface area (Å²) in [5.41, 5.74) is 6.16. The van der Waals surface area contributed by atoms with Crippen LogP contribution in [0.5, 0.6) is 5.75 Å². The number of imide groups is 1. The highest BCUT2D eigenvalue weighted by molar-refractivity contribution is 6.19.